The van der Waals surface area contributed by atoms with Crippen molar-refractivity contribution < 1.29 is 4.39 Å². The molecule has 3 aromatic rings. The smallest absolute Gasteiger partial charge is 0.192 e. The maximum absolute atomic E-state index is 13.4. The molecule has 0 bridgehead atoms. The van der Waals surface area contributed by atoms with Crippen LogP contribution in [0.15, 0.2) is 66.3 Å². The van der Waals surface area contributed by atoms with Crippen LogP contribution in [-0.4, -0.2) is 28.9 Å². The summed E-state index contributed by atoms with van der Waals surface area (Å²) in [6.07, 6.45) is 1.83. The van der Waals surface area contributed by atoms with Gasteiger partial charge in [0.15, 0.2) is 11.0 Å². The van der Waals surface area contributed by atoms with Crippen LogP contribution in [0.1, 0.15) is 5.56 Å². The Morgan fingerprint density at radius 3 is 2.69 bits per heavy atom. The zero-order valence-corrected chi connectivity index (χ0v) is 15.7. The number of rotatable bonds is 7. The van der Waals surface area contributed by atoms with Crippen LogP contribution in [0.3, 0.4) is 0 Å². The standard InChI is InChI=1S/C20H21FN4S/c1-4-11-25-19(16-8-6-10-18(13-16)24(2)3)22-23-20(25)26-14-15-7-5-9-17(21)12-15/h4-10,12-13H,1,11,14H2,2-3H3. The molecule has 1 heterocycles. The Labute approximate surface area is 157 Å². The van der Waals surface area contributed by atoms with E-state index in [9.17, 15) is 4.39 Å². The topological polar surface area (TPSA) is 34.0 Å². The van der Waals surface area contributed by atoms with Crippen molar-refractivity contribution in [2.75, 3.05) is 19.0 Å². The van der Waals surface area contributed by atoms with Gasteiger partial charge in [-0.3, -0.25) is 4.57 Å². The van der Waals surface area contributed by atoms with Crippen molar-refractivity contribution in [2.45, 2.75) is 17.5 Å². The Morgan fingerprint density at radius 2 is 1.96 bits per heavy atom. The van der Waals surface area contributed by atoms with E-state index in [1.165, 1.54) is 17.8 Å². The van der Waals surface area contributed by atoms with E-state index in [2.05, 4.69) is 33.8 Å². The summed E-state index contributed by atoms with van der Waals surface area (Å²) < 4.78 is 15.4. The Kier molecular flexibility index (Phi) is 5.73. The second kappa shape index (κ2) is 8.19. The molecule has 0 amide bonds. The number of allylic oxidation sites excluding steroid dienone is 1. The molecule has 0 saturated carbocycles. The van der Waals surface area contributed by atoms with Gasteiger partial charge in [-0.2, -0.15) is 0 Å². The lowest BCUT2D eigenvalue weighted by molar-refractivity contribution is 0.626. The molecule has 0 aliphatic rings. The summed E-state index contributed by atoms with van der Waals surface area (Å²) in [4.78, 5) is 2.05. The molecule has 0 radical (unpaired) electrons. The molecule has 2 aromatic carbocycles. The van der Waals surface area contributed by atoms with Crippen molar-refractivity contribution in [3.8, 4) is 11.4 Å². The summed E-state index contributed by atoms with van der Waals surface area (Å²) in [6.45, 7) is 4.45. The molecule has 0 unspecified atom stereocenters. The Hall–Kier alpha value is -2.60. The lowest BCUT2D eigenvalue weighted by Gasteiger charge is -2.14. The first kappa shape index (κ1) is 18.2. The first-order chi connectivity index (χ1) is 12.6. The van der Waals surface area contributed by atoms with Gasteiger partial charge in [-0.15, -0.1) is 16.8 Å². The minimum Gasteiger partial charge on any atom is -0.378 e. The molecule has 1 aromatic heterocycles. The average Bonchev–Trinajstić information content (AvgIpc) is 3.03. The highest BCUT2D eigenvalue weighted by Crippen LogP contribution is 2.28. The lowest BCUT2D eigenvalue weighted by atomic mass is 10.2. The van der Waals surface area contributed by atoms with E-state index in [1.54, 1.807) is 12.1 Å². The van der Waals surface area contributed by atoms with Crippen LogP contribution >= 0.6 is 11.8 Å². The number of benzene rings is 2. The van der Waals surface area contributed by atoms with Crippen molar-refractivity contribution >= 4 is 17.4 Å². The fourth-order valence-electron chi connectivity index (χ4n) is 2.60. The van der Waals surface area contributed by atoms with Gasteiger partial charge < -0.3 is 4.90 Å². The molecule has 3 rings (SSSR count). The van der Waals surface area contributed by atoms with Crippen molar-refractivity contribution in [3.63, 3.8) is 0 Å². The molecule has 0 aliphatic heterocycles. The molecule has 0 aliphatic carbocycles. The molecule has 6 heteroatoms. The number of hydrogen-bond donors (Lipinski definition) is 0. The van der Waals surface area contributed by atoms with Crippen LogP contribution < -0.4 is 4.90 Å². The summed E-state index contributed by atoms with van der Waals surface area (Å²) in [5, 5.41) is 9.52. The van der Waals surface area contributed by atoms with Gasteiger partial charge in [0.05, 0.1) is 0 Å². The molecule has 134 valence electrons. The van der Waals surface area contributed by atoms with E-state index in [4.69, 9.17) is 0 Å². The van der Waals surface area contributed by atoms with Gasteiger partial charge in [-0.05, 0) is 29.8 Å². The minimum atomic E-state index is -0.225. The van der Waals surface area contributed by atoms with Crippen molar-refractivity contribution in [3.05, 3.63) is 72.6 Å². The first-order valence-electron chi connectivity index (χ1n) is 8.27. The Bertz CT molecular complexity index is 904. The average molecular weight is 368 g/mol. The van der Waals surface area contributed by atoms with E-state index in [1.807, 2.05) is 42.9 Å². The number of thioether (sulfide) groups is 1. The number of halogens is 1. The molecule has 4 nitrogen and oxygen atoms in total. The predicted octanol–water partition coefficient (Wildman–Crippen LogP) is 4.63. The highest BCUT2D eigenvalue weighted by molar-refractivity contribution is 7.98. The van der Waals surface area contributed by atoms with Crippen LogP contribution in [0.4, 0.5) is 10.1 Å². The second-order valence-corrected chi connectivity index (χ2v) is 7.01. The summed E-state index contributed by atoms with van der Waals surface area (Å²) in [5.74, 6) is 1.21. The third-order valence-corrected chi connectivity index (χ3v) is 4.94. The highest BCUT2D eigenvalue weighted by atomic mass is 32.2. The van der Waals surface area contributed by atoms with Crippen LogP contribution in [-0.2, 0) is 12.3 Å². The Morgan fingerprint density at radius 1 is 1.15 bits per heavy atom. The lowest BCUT2D eigenvalue weighted by Crippen LogP contribution is -2.08. The largest absolute Gasteiger partial charge is 0.378 e. The third-order valence-electron chi connectivity index (χ3n) is 3.91. The normalized spacial score (nSPS) is 10.7. The van der Waals surface area contributed by atoms with Crippen LogP contribution in [0.25, 0.3) is 11.4 Å². The van der Waals surface area contributed by atoms with Gasteiger partial charge in [-0.1, -0.05) is 42.1 Å². The molecular formula is C20H21FN4S. The highest BCUT2D eigenvalue weighted by Gasteiger charge is 2.14. The summed E-state index contributed by atoms with van der Waals surface area (Å²) in [6, 6.07) is 14.8. The number of nitrogens with zero attached hydrogens (tertiary/aromatic N) is 4. The summed E-state index contributed by atoms with van der Waals surface area (Å²) in [5.41, 5.74) is 3.02. The molecular weight excluding hydrogens is 347 g/mol. The van der Waals surface area contributed by atoms with Gasteiger partial charge in [0, 0.05) is 37.6 Å². The molecule has 0 saturated heterocycles. The number of aromatic nitrogens is 3. The first-order valence-corrected chi connectivity index (χ1v) is 9.26. The number of anilines is 1. The molecule has 26 heavy (non-hydrogen) atoms. The minimum absolute atomic E-state index is 0.225. The zero-order chi connectivity index (χ0) is 18.5. The van der Waals surface area contributed by atoms with E-state index in [0.29, 0.717) is 12.3 Å². The van der Waals surface area contributed by atoms with Crippen molar-refractivity contribution in [1.82, 2.24) is 14.8 Å². The van der Waals surface area contributed by atoms with E-state index in [0.717, 1.165) is 27.8 Å². The summed E-state index contributed by atoms with van der Waals surface area (Å²) >= 11 is 1.54. The van der Waals surface area contributed by atoms with Crippen molar-refractivity contribution in [2.24, 2.45) is 0 Å². The maximum atomic E-state index is 13.4. The fourth-order valence-corrected chi connectivity index (χ4v) is 3.49. The van der Waals surface area contributed by atoms with Gasteiger partial charge in [0.2, 0.25) is 0 Å². The van der Waals surface area contributed by atoms with Crippen molar-refractivity contribution in [1.29, 1.82) is 0 Å². The Balaban J connectivity index is 1.88. The SMILES string of the molecule is C=CCn1c(SCc2cccc(F)c2)nnc1-c1cccc(N(C)C)c1. The fraction of sp³-hybridized carbons (Fsp3) is 0.200. The van der Waals surface area contributed by atoms with E-state index < -0.39 is 0 Å². The molecule has 0 spiro atoms. The van der Waals surface area contributed by atoms with Crippen LogP contribution in [0.5, 0.6) is 0 Å². The van der Waals surface area contributed by atoms with Gasteiger partial charge in [-0.25, -0.2) is 4.39 Å². The van der Waals surface area contributed by atoms with Gasteiger partial charge >= 0.3 is 0 Å². The molecule has 0 fully saturated rings. The van der Waals surface area contributed by atoms with Crippen LogP contribution in [0.2, 0.25) is 0 Å². The monoisotopic (exact) mass is 368 g/mol. The van der Waals surface area contributed by atoms with E-state index in [-0.39, 0.29) is 5.82 Å². The zero-order valence-electron chi connectivity index (χ0n) is 14.9. The second-order valence-electron chi connectivity index (χ2n) is 6.07. The molecule has 0 atom stereocenters. The maximum Gasteiger partial charge on any atom is 0.192 e. The van der Waals surface area contributed by atoms with Gasteiger partial charge in [0.25, 0.3) is 0 Å². The third kappa shape index (κ3) is 4.14. The van der Waals surface area contributed by atoms with Crippen LogP contribution in [0, 0.1) is 5.82 Å². The van der Waals surface area contributed by atoms with E-state index >= 15 is 0 Å². The summed E-state index contributed by atoms with van der Waals surface area (Å²) in [7, 11) is 4.02. The van der Waals surface area contributed by atoms with Gasteiger partial charge in [0.1, 0.15) is 5.82 Å². The molecule has 0 N–H and O–H groups in total. The quantitative estimate of drug-likeness (QED) is 0.450. The number of hydrogen-bond acceptors (Lipinski definition) is 4. The predicted molar refractivity (Wildman–Crippen MR) is 106 cm³/mol.